The molecule has 2 aliphatic rings. The zero-order valence-corrected chi connectivity index (χ0v) is 25.1. The lowest BCUT2D eigenvalue weighted by Crippen LogP contribution is -2.55. The van der Waals surface area contributed by atoms with Crippen molar-refractivity contribution < 1.29 is 33.0 Å². The molecule has 0 spiro atoms. The normalized spacial score (nSPS) is 16.8. The smallest absolute Gasteiger partial charge is 0.432 e. The summed E-state index contributed by atoms with van der Waals surface area (Å²) < 4.78 is 40.7. The van der Waals surface area contributed by atoms with Gasteiger partial charge in [-0.05, 0) is 51.1 Å². The lowest BCUT2D eigenvalue weighted by Gasteiger charge is -2.41. The van der Waals surface area contributed by atoms with Crippen molar-refractivity contribution in [3.63, 3.8) is 0 Å². The van der Waals surface area contributed by atoms with Crippen LogP contribution < -0.4 is 4.90 Å². The molecule has 3 heterocycles. The van der Waals surface area contributed by atoms with Gasteiger partial charge in [0.1, 0.15) is 30.2 Å². The Labute approximate surface area is 258 Å². The second-order valence-electron chi connectivity index (χ2n) is 10.5. The number of ether oxygens (including phenoxy) is 2. The number of urea groups is 1. The van der Waals surface area contributed by atoms with Gasteiger partial charge in [0.25, 0.3) is 0 Å². The first-order valence-corrected chi connectivity index (χ1v) is 13.6. The van der Waals surface area contributed by atoms with E-state index < -0.39 is 29.4 Å². The monoisotopic (exact) mass is 634 g/mol. The van der Waals surface area contributed by atoms with Gasteiger partial charge < -0.3 is 24.4 Å². The number of hydrazone groups is 1. The average molecular weight is 635 g/mol. The van der Waals surface area contributed by atoms with Crippen LogP contribution in [0.3, 0.4) is 0 Å². The first kappa shape index (κ1) is 32.4. The number of benzene rings is 2. The quantitative estimate of drug-likeness (QED) is 0.333. The summed E-state index contributed by atoms with van der Waals surface area (Å²) in [6.07, 6.45) is 3.48. The van der Waals surface area contributed by atoms with Crippen molar-refractivity contribution in [2.24, 2.45) is 5.10 Å². The minimum atomic E-state index is -2.01. The maximum absolute atomic E-state index is 15.2. The summed E-state index contributed by atoms with van der Waals surface area (Å²) >= 11 is 0. The highest BCUT2D eigenvalue weighted by Crippen LogP contribution is 2.35. The summed E-state index contributed by atoms with van der Waals surface area (Å²) in [5.74, 6) is -1.76. The van der Waals surface area contributed by atoms with Crippen molar-refractivity contribution in [1.29, 1.82) is 0 Å². The van der Waals surface area contributed by atoms with E-state index in [0.29, 0.717) is 18.3 Å². The maximum Gasteiger partial charge on any atom is 0.510 e. The molecule has 3 aromatic rings. The van der Waals surface area contributed by atoms with E-state index in [2.05, 4.69) is 15.4 Å². The highest BCUT2D eigenvalue weighted by molar-refractivity contribution is 5.94. The maximum atomic E-state index is 15.2. The number of carbonyl (C=O) groups excluding carboxylic acids is 2. The van der Waals surface area contributed by atoms with Crippen LogP contribution in [0.25, 0.3) is 5.69 Å². The number of hydrogen-bond donors (Lipinski definition) is 1. The van der Waals surface area contributed by atoms with Crippen LogP contribution in [0.1, 0.15) is 26.3 Å². The third-order valence-electron chi connectivity index (χ3n) is 7.27. The first-order chi connectivity index (χ1) is 20.5. The first-order valence-electron chi connectivity index (χ1n) is 13.6. The Morgan fingerprint density at radius 2 is 1.82 bits per heavy atom. The van der Waals surface area contributed by atoms with Crippen molar-refractivity contribution in [1.82, 2.24) is 29.8 Å². The third-order valence-corrected chi connectivity index (χ3v) is 7.27. The van der Waals surface area contributed by atoms with E-state index in [-0.39, 0.29) is 56.6 Å². The summed E-state index contributed by atoms with van der Waals surface area (Å²) in [5.41, 5.74) is -0.793. The van der Waals surface area contributed by atoms with Gasteiger partial charge in [0, 0.05) is 30.4 Å². The number of anilines is 1. The van der Waals surface area contributed by atoms with Gasteiger partial charge in [0.2, 0.25) is 0 Å². The molecule has 1 aromatic heterocycles. The molecule has 13 nitrogen and oxygen atoms in total. The Bertz CT molecular complexity index is 1480. The van der Waals surface area contributed by atoms with E-state index in [1.807, 2.05) is 0 Å². The lowest BCUT2D eigenvalue weighted by atomic mass is 9.85. The third kappa shape index (κ3) is 6.83. The molecule has 1 saturated heterocycles. The number of carbonyl (C=O) groups is 2. The van der Waals surface area contributed by atoms with Crippen LogP contribution in [-0.4, -0.2) is 98.6 Å². The predicted octanol–water partition coefficient (Wildman–Crippen LogP) is 3.52. The molecule has 2 aliphatic heterocycles. The second-order valence-corrected chi connectivity index (χ2v) is 10.5. The number of rotatable bonds is 10. The van der Waals surface area contributed by atoms with Crippen molar-refractivity contribution in [2.45, 2.75) is 38.5 Å². The molecule has 2 aromatic carbocycles. The molecule has 44 heavy (non-hydrogen) atoms. The van der Waals surface area contributed by atoms with Crippen LogP contribution in [-0.2, 0) is 15.1 Å². The minimum Gasteiger partial charge on any atom is -0.432 e. The van der Waals surface area contributed by atoms with Gasteiger partial charge >= 0.3 is 12.2 Å². The van der Waals surface area contributed by atoms with Crippen LogP contribution in [0, 0.1) is 11.6 Å². The lowest BCUT2D eigenvalue weighted by molar-refractivity contribution is -0.0605. The number of aromatic nitrogens is 3. The summed E-state index contributed by atoms with van der Waals surface area (Å²) in [4.78, 5) is 29.9. The molecule has 236 valence electrons. The predicted molar refractivity (Wildman–Crippen MR) is 157 cm³/mol. The summed E-state index contributed by atoms with van der Waals surface area (Å²) in [6.45, 7) is 5.24. The molecular formula is C28H33ClF2N8O5. The fourth-order valence-corrected chi connectivity index (χ4v) is 5.06. The minimum absolute atomic E-state index is 0. The van der Waals surface area contributed by atoms with Crippen LogP contribution in [0.15, 0.2) is 60.0 Å². The van der Waals surface area contributed by atoms with E-state index in [4.69, 9.17) is 9.47 Å². The van der Waals surface area contributed by atoms with Gasteiger partial charge in [-0.15, -0.1) is 17.5 Å². The number of aliphatic hydroxyl groups is 1. The summed E-state index contributed by atoms with van der Waals surface area (Å²) in [6, 6.07) is 8.74. The number of amides is 2. The topological polar surface area (TPSA) is 129 Å². The van der Waals surface area contributed by atoms with Crippen molar-refractivity contribution >= 4 is 36.6 Å². The van der Waals surface area contributed by atoms with Gasteiger partial charge in [-0.2, -0.15) is 5.10 Å². The average Bonchev–Trinajstić information content (AvgIpc) is 3.73. The van der Waals surface area contributed by atoms with E-state index >= 15 is 4.39 Å². The van der Waals surface area contributed by atoms with E-state index in [1.165, 1.54) is 22.3 Å². The molecule has 1 N–H and O–H groups in total. The molecule has 2 atom stereocenters. The Balaban J connectivity index is 0.00000442. The summed E-state index contributed by atoms with van der Waals surface area (Å²) in [7, 11) is 0. The standard InChI is InChI=1S/C28H32F2N8O5.ClH/c1-19(2)43-27(40)42-18-34-16-32-35(17-34)15-28(41,24-9-4-21(29)14-25(24)30)20(3)36-12-13-37(26(36)39)22-5-7-23(8-6-22)38-11-10-31-33-38;/h4-11,14,16,19-20,41H,12-13,15,17-18H2,1-3H3;1H/t20-,28-;/m1./s1. The van der Waals surface area contributed by atoms with E-state index in [1.54, 1.807) is 71.9 Å². The molecule has 0 radical (unpaired) electrons. The Morgan fingerprint density at radius 3 is 2.48 bits per heavy atom. The molecule has 16 heteroatoms. The van der Waals surface area contributed by atoms with E-state index in [9.17, 15) is 19.1 Å². The molecule has 0 unspecified atom stereocenters. The van der Waals surface area contributed by atoms with Gasteiger partial charge in [-0.3, -0.25) is 9.91 Å². The van der Waals surface area contributed by atoms with Crippen LogP contribution in [0.4, 0.5) is 24.1 Å². The molecular weight excluding hydrogens is 602 g/mol. The molecule has 5 rings (SSSR count). The zero-order valence-electron chi connectivity index (χ0n) is 24.3. The molecule has 0 saturated carbocycles. The Hall–Kier alpha value is -4.50. The van der Waals surface area contributed by atoms with Gasteiger partial charge in [-0.25, -0.2) is 23.1 Å². The van der Waals surface area contributed by atoms with Gasteiger partial charge in [0.05, 0.1) is 36.8 Å². The van der Waals surface area contributed by atoms with Gasteiger partial charge in [-0.1, -0.05) is 11.3 Å². The Morgan fingerprint density at radius 1 is 1.09 bits per heavy atom. The SMILES string of the molecule is CC(C)OC(=O)OCN1C=NN(C[C@](O)(c2ccc(F)cc2F)[C@@H](C)N2CCN(c3ccc(-n4ccnn4)cc3)C2=O)C1.Cl. The number of nitrogens with zero attached hydrogens (tertiary/aromatic N) is 8. The van der Waals surface area contributed by atoms with Crippen LogP contribution in [0.5, 0.6) is 0 Å². The summed E-state index contributed by atoms with van der Waals surface area (Å²) in [5, 5.41) is 25.6. The zero-order chi connectivity index (χ0) is 30.7. The Kier molecular flexibility index (Phi) is 9.89. The number of halogens is 3. The van der Waals surface area contributed by atoms with Crippen molar-refractivity contribution in [3.8, 4) is 5.69 Å². The van der Waals surface area contributed by atoms with Crippen LogP contribution >= 0.6 is 12.4 Å². The van der Waals surface area contributed by atoms with Crippen molar-refractivity contribution in [3.05, 3.63) is 72.1 Å². The molecule has 2 amide bonds. The van der Waals surface area contributed by atoms with Crippen LogP contribution in [0.2, 0.25) is 0 Å². The highest BCUT2D eigenvalue weighted by Gasteiger charge is 2.47. The second kappa shape index (κ2) is 13.4. The number of hydrogen-bond acceptors (Lipinski definition) is 10. The molecule has 1 fully saturated rings. The van der Waals surface area contributed by atoms with Gasteiger partial charge in [0.15, 0.2) is 6.73 Å². The largest absolute Gasteiger partial charge is 0.510 e. The molecule has 0 aliphatic carbocycles. The fourth-order valence-electron chi connectivity index (χ4n) is 5.06. The number of β-amino-alcohol motifs (C(OH)–C–C–N with tert-alkyl or cyclic N) is 1. The fraction of sp³-hybridized carbons (Fsp3) is 0.393. The van der Waals surface area contributed by atoms with Crippen molar-refractivity contribution in [2.75, 3.05) is 37.9 Å². The molecule has 0 bridgehead atoms. The van der Waals surface area contributed by atoms with E-state index in [0.717, 1.165) is 11.8 Å². The highest BCUT2D eigenvalue weighted by atomic mass is 35.5.